The summed E-state index contributed by atoms with van der Waals surface area (Å²) < 4.78 is 0. The molecule has 0 aromatic rings. The third-order valence-corrected chi connectivity index (χ3v) is 3.41. The van der Waals surface area contributed by atoms with E-state index in [0.717, 1.165) is 6.04 Å². The lowest BCUT2D eigenvalue weighted by atomic mass is 10.0. The van der Waals surface area contributed by atoms with Gasteiger partial charge in [-0.25, -0.2) is 0 Å². The summed E-state index contributed by atoms with van der Waals surface area (Å²) in [6.07, 6.45) is 5.42. The molecule has 0 atom stereocenters. The molecule has 0 saturated carbocycles. The van der Waals surface area contributed by atoms with Crippen LogP contribution in [0.1, 0.15) is 47.0 Å². The number of unbranched alkanes of at least 4 members (excludes halogenated alkanes) is 1. The molecule has 15 heavy (non-hydrogen) atoms. The zero-order valence-corrected chi connectivity index (χ0v) is 10.1. The lowest BCUT2D eigenvalue weighted by molar-refractivity contribution is 0.124. The van der Waals surface area contributed by atoms with Gasteiger partial charge in [-0.05, 0) is 52.5 Å². The summed E-state index contributed by atoms with van der Waals surface area (Å²) >= 11 is 0. The third-order valence-electron chi connectivity index (χ3n) is 3.41. The summed E-state index contributed by atoms with van der Waals surface area (Å²) in [6, 6.07) is 0.864. The molecule has 1 heterocycles. The molecule has 2 nitrogen and oxygen atoms in total. The van der Waals surface area contributed by atoms with Gasteiger partial charge in [-0.2, -0.15) is 0 Å². The van der Waals surface area contributed by atoms with Crippen molar-refractivity contribution in [1.29, 1.82) is 0 Å². The number of hydrogen-bond donors (Lipinski definition) is 0. The molecule has 0 aromatic carbocycles. The van der Waals surface area contributed by atoms with Crippen molar-refractivity contribution in [3.05, 3.63) is 0 Å². The van der Waals surface area contributed by atoms with Crippen molar-refractivity contribution < 1.29 is 0 Å². The smallest absolute Gasteiger partial charge is 0.0119 e. The van der Waals surface area contributed by atoms with Crippen LogP contribution in [0.3, 0.4) is 0 Å². The van der Waals surface area contributed by atoms with Crippen LogP contribution >= 0.6 is 0 Å². The summed E-state index contributed by atoms with van der Waals surface area (Å²) in [6.45, 7) is 9.69. The average molecular weight is 214 g/mol. The minimum absolute atomic E-state index is 0. The van der Waals surface area contributed by atoms with Crippen molar-refractivity contribution in [2.45, 2.75) is 53.0 Å². The standard InChI is InChI=1S/C12H26N2.CH4/c1-4-6-9-14(5-2)12-7-10-13(3)11-8-12;/h12H,4-11H2,1-3H3;1H4. The first-order chi connectivity index (χ1) is 6.77. The quantitative estimate of drug-likeness (QED) is 0.694. The Balaban J connectivity index is 0.00000196. The van der Waals surface area contributed by atoms with Crippen LogP contribution in [0.4, 0.5) is 0 Å². The zero-order valence-electron chi connectivity index (χ0n) is 10.1. The average Bonchev–Trinajstić information content (AvgIpc) is 2.21. The van der Waals surface area contributed by atoms with Gasteiger partial charge in [0.15, 0.2) is 0 Å². The van der Waals surface area contributed by atoms with Crippen molar-refractivity contribution in [3.63, 3.8) is 0 Å². The highest BCUT2D eigenvalue weighted by Crippen LogP contribution is 2.15. The van der Waals surface area contributed by atoms with Crippen LogP contribution in [0.15, 0.2) is 0 Å². The lowest BCUT2D eigenvalue weighted by Gasteiger charge is -2.36. The molecule has 1 saturated heterocycles. The molecule has 92 valence electrons. The first-order valence-electron chi connectivity index (χ1n) is 6.20. The molecule has 0 bridgehead atoms. The van der Waals surface area contributed by atoms with Crippen LogP contribution in [-0.4, -0.2) is 49.1 Å². The van der Waals surface area contributed by atoms with Crippen molar-refractivity contribution in [2.24, 2.45) is 0 Å². The van der Waals surface area contributed by atoms with Crippen molar-refractivity contribution >= 4 is 0 Å². The first kappa shape index (κ1) is 14.9. The van der Waals surface area contributed by atoms with Gasteiger partial charge in [0.1, 0.15) is 0 Å². The van der Waals surface area contributed by atoms with Crippen LogP contribution in [0, 0.1) is 0 Å². The summed E-state index contributed by atoms with van der Waals surface area (Å²) in [5.74, 6) is 0. The number of piperidine rings is 1. The Morgan fingerprint density at radius 1 is 1.20 bits per heavy atom. The van der Waals surface area contributed by atoms with Gasteiger partial charge in [0, 0.05) is 6.04 Å². The van der Waals surface area contributed by atoms with Crippen molar-refractivity contribution in [1.82, 2.24) is 9.80 Å². The first-order valence-corrected chi connectivity index (χ1v) is 6.20. The summed E-state index contributed by atoms with van der Waals surface area (Å²) in [5, 5.41) is 0. The fourth-order valence-electron chi connectivity index (χ4n) is 2.32. The van der Waals surface area contributed by atoms with Crippen molar-refractivity contribution in [3.8, 4) is 0 Å². The van der Waals surface area contributed by atoms with Gasteiger partial charge < -0.3 is 9.80 Å². The maximum atomic E-state index is 2.68. The molecule has 0 spiro atoms. The Hall–Kier alpha value is -0.0800. The van der Waals surface area contributed by atoms with Gasteiger partial charge in [0.05, 0.1) is 0 Å². The molecule has 0 aromatic heterocycles. The van der Waals surface area contributed by atoms with E-state index in [4.69, 9.17) is 0 Å². The second kappa shape index (κ2) is 8.12. The molecule has 1 rings (SSSR count). The van der Waals surface area contributed by atoms with Crippen LogP contribution in [0.25, 0.3) is 0 Å². The SMILES string of the molecule is C.CCCCN(CC)C1CCN(C)CC1. The zero-order chi connectivity index (χ0) is 10.4. The Labute approximate surface area is 96.6 Å². The van der Waals surface area contributed by atoms with Crippen LogP contribution in [-0.2, 0) is 0 Å². The fourth-order valence-corrected chi connectivity index (χ4v) is 2.32. The fraction of sp³-hybridized carbons (Fsp3) is 1.00. The highest BCUT2D eigenvalue weighted by Gasteiger charge is 2.21. The molecule has 1 aliphatic rings. The van der Waals surface area contributed by atoms with E-state index in [-0.39, 0.29) is 7.43 Å². The van der Waals surface area contributed by atoms with E-state index < -0.39 is 0 Å². The maximum Gasteiger partial charge on any atom is 0.0119 e. The molecule has 0 unspecified atom stereocenters. The van der Waals surface area contributed by atoms with E-state index >= 15 is 0 Å². The van der Waals surface area contributed by atoms with Gasteiger partial charge in [-0.15, -0.1) is 0 Å². The summed E-state index contributed by atoms with van der Waals surface area (Å²) in [7, 11) is 2.23. The van der Waals surface area contributed by atoms with Crippen molar-refractivity contribution in [2.75, 3.05) is 33.2 Å². The second-order valence-electron chi connectivity index (χ2n) is 4.52. The number of likely N-dealkylation sites (tertiary alicyclic amines) is 1. The summed E-state index contributed by atoms with van der Waals surface area (Å²) in [5.41, 5.74) is 0. The number of nitrogens with zero attached hydrogens (tertiary/aromatic N) is 2. The van der Waals surface area contributed by atoms with Gasteiger partial charge >= 0.3 is 0 Å². The number of rotatable bonds is 5. The highest BCUT2D eigenvalue weighted by molar-refractivity contribution is 4.77. The highest BCUT2D eigenvalue weighted by atomic mass is 15.2. The molecule has 1 fully saturated rings. The van der Waals surface area contributed by atoms with E-state index in [2.05, 4.69) is 30.7 Å². The largest absolute Gasteiger partial charge is 0.306 e. The molecule has 0 N–H and O–H groups in total. The lowest BCUT2D eigenvalue weighted by Crippen LogP contribution is -2.43. The normalized spacial score (nSPS) is 19.2. The van der Waals surface area contributed by atoms with Gasteiger partial charge in [0.2, 0.25) is 0 Å². The molecule has 0 aliphatic carbocycles. The topological polar surface area (TPSA) is 6.48 Å². The predicted molar refractivity (Wildman–Crippen MR) is 69.4 cm³/mol. The Morgan fingerprint density at radius 2 is 1.80 bits per heavy atom. The summed E-state index contributed by atoms with van der Waals surface area (Å²) in [4.78, 5) is 5.13. The maximum absolute atomic E-state index is 2.68. The van der Waals surface area contributed by atoms with Crippen LogP contribution in [0.5, 0.6) is 0 Å². The van der Waals surface area contributed by atoms with E-state index in [0.29, 0.717) is 0 Å². The molecular weight excluding hydrogens is 184 g/mol. The Bertz CT molecular complexity index is 137. The molecule has 2 heteroatoms. The van der Waals surface area contributed by atoms with E-state index in [1.807, 2.05) is 0 Å². The molecular formula is C13H30N2. The van der Waals surface area contributed by atoms with E-state index in [9.17, 15) is 0 Å². The minimum Gasteiger partial charge on any atom is -0.306 e. The second-order valence-corrected chi connectivity index (χ2v) is 4.52. The monoisotopic (exact) mass is 214 g/mol. The van der Waals surface area contributed by atoms with Crippen LogP contribution < -0.4 is 0 Å². The van der Waals surface area contributed by atoms with E-state index in [1.54, 1.807) is 0 Å². The Kier molecular flexibility index (Phi) is 8.07. The molecule has 0 radical (unpaired) electrons. The Morgan fingerprint density at radius 3 is 2.27 bits per heavy atom. The van der Waals surface area contributed by atoms with Gasteiger partial charge in [0.25, 0.3) is 0 Å². The van der Waals surface area contributed by atoms with Gasteiger partial charge in [-0.3, -0.25) is 0 Å². The minimum atomic E-state index is 0. The van der Waals surface area contributed by atoms with Gasteiger partial charge in [-0.1, -0.05) is 27.7 Å². The molecule has 1 aliphatic heterocycles. The van der Waals surface area contributed by atoms with E-state index in [1.165, 1.54) is 51.9 Å². The number of hydrogen-bond acceptors (Lipinski definition) is 2. The third kappa shape index (κ3) is 4.98. The predicted octanol–water partition coefficient (Wildman–Crippen LogP) is 2.84. The molecule has 0 amide bonds. The van der Waals surface area contributed by atoms with Crippen LogP contribution in [0.2, 0.25) is 0 Å².